The Hall–Kier alpha value is -4.31. The molecule has 2 heterocycles. The number of aromatic hydroxyl groups is 1. The lowest BCUT2D eigenvalue weighted by molar-refractivity contribution is -0.143. The van der Waals surface area contributed by atoms with Gasteiger partial charge in [-0.25, -0.2) is 9.50 Å². The van der Waals surface area contributed by atoms with Crippen LogP contribution in [0.15, 0.2) is 61.1 Å². The Labute approximate surface area is 204 Å². The fraction of sp³-hybridized carbons (Fsp3) is 0.250. The first-order valence-corrected chi connectivity index (χ1v) is 11.4. The average Bonchev–Trinajstić information content (AvgIpc) is 3.32. The van der Waals surface area contributed by atoms with E-state index in [1.54, 1.807) is 30.5 Å². The molecule has 0 radical (unpaired) electrons. The maximum atomic E-state index is 11.9. The van der Waals surface area contributed by atoms with Crippen molar-refractivity contribution in [3.05, 3.63) is 77.7 Å². The van der Waals surface area contributed by atoms with Crippen LogP contribution in [-0.2, 0) is 16.1 Å². The number of carbonyl (C=O) groups excluding carboxylic acids is 1. The third kappa shape index (κ3) is 5.61. The first kappa shape index (κ1) is 23.8. The zero-order valence-corrected chi connectivity index (χ0v) is 20.0. The topological polar surface area (TPSA) is 86.0 Å². The lowest BCUT2D eigenvalue weighted by atomic mass is 9.96. The number of carbonyl (C=O) groups is 1. The number of benzene rings is 2. The molecule has 0 aliphatic carbocycles. The number of fused-ring (bicyclic) bond motifs is 1. The molecule has 35 heavy (non-hydrogen) atoms. The molecule has 7 nitrogen and oxygen atoms in total. The minimum absolute atomic E-state index is 0.212. The maximum absolute atomic E-state index is 11.9. The van der Waals surface area contributed by atoms with Crippen LogP contribution in [0, 0.1) is 18.8 Å². The number of phenolic OH excluding ortho intramolecular Hbond substituents is 1. The molecule has 0 bridgehead atoms. The second-order valence-corrected chi connectivity index (χ2v) is 8.10. The number of nitrogens with zero attached hydrogens (tertiary/aromatic N) is 3. The van der Waals surface area contributed by atoms with Crippen LogP contribution in [0.3, 0.4) is 0 Å². The first-order valence-electron chi connectivity index (χ1n) is 11.4. The summed E-state index contributed by atoms with van der Waals surface area (Å²) in [5, 5.41) is 14.1. The molecule has 0 aliphatic heterocycles. The Morgan fingerprint density at radius 2 is 1.97 bits per heavy atom. The molecular formula is C28H27N3O4. The van der Waals surface area contributed by atoms with E-state index in [0.29, 0.717) is 19.0 Å². The van der Waals surface area contributed by atoms with E-state index in [1.165, 1.54) is 6.33 Å². The van der Waals surface area contributed by atoms with Crippen molar-refractivity contribution in [2.75, 3.05) is 6.61 Å². The van der Waals surface area contributed by atoms with Gasteiger partial charge < -0.3 is 14.6 Å². The SMILES string of the molecule is CC#CC(CC(=O)OCC)c1ccc(OCc2cc(-c3ccc(O)cc3C)cn3ncnc23)cc1. The maximum Gasteiger partial charge on any atom is 0.307 e. The highest BCUT2D eigenvalue weighted by Gasteiger charge is 2.15. The molecule has 1 unspecified atom stereocenters. The highest BCUT2D eigenvalue weighted by atomic mass is 16.5. The second-order valence-electron chi connectivity index (χ2n) is 8.10. The van der Waals surface area contributed by atoms with Crippen LogP contribution in [-0.4, -0.2) is 32.3 Å². The van der Waals surface area contributed by atoms with Crippen molar-refractivity contribution < 1.29 is 19.4 Å². The van der Waals surface area contributed by atoms with E-state index < -0.39 is 0 Å². The molecular weight excluding hydrogens is 442 g/mol. The van der Waals surface area contributed by atoms with Crippen LogP contribution in [0.5, 0.6) is 11.5 Å². The van der Waals surface area contributed by atoms with Crippen LogP contribution in [0.1, 0.15) is 42.9 Å². The van der Waals surface area contributed by atoms with Crippen molar-refractivity contribution in [2.24, 2.45) is 0 Å². The average molecular weight is 470 g/mol. The molecule has 0 saturated heterocycles. The smallest absolute Gasteiger partial charge is 0.307 e. The number of aryl methyl sites for hydroxylation is 1. The number of esters is 1. The number of pyridine rings is 1. The minimum atomic E-state index is -0.262. The molecule has 0 aliphatic rings. The summed E-state index contributed by atoms with van der Waals surface area (Å²) in [5.74, 6) is 6.42. The summed E-state index contributed by atoms with van der Waals surface area (Å²) >= 11 is 0. The van der Waals surface area contributed by atoms with Crippen LogP contribution in [0.2, 0.25) is 0 Å². The number of rotatable bonds is 8. The van der Waals surface area contributed by atoms with Gasteiger partial charge >= 0.3 is 5.97 Å². The third-order valence-electron chi connectivity index (χ3n) is 5.64. The number of phenols is 1. The number of hydrogen-bond donors (Lipinski definition) is 1. The molecule has 4 rings (SSSR count). The Morgan fingerprint density at radius 3 is 2.69 bits per heavy atom. The summed E-state index contributed by atoms with van der Waals surface area (Å²) in [6, 6.07) is 14.9. The van der Waals surface area contributed by atoms with Crippen LogP contribution >= 0.6 is 0 Å². The molecule has 0 spiro atoms. The summed E-state index contributed by atoms with van der Waals surface area (Å²) < 4.78 is 12.9. The van der Waals surface area contributed by atoms with E-state index in [-0.39, 0.29) is 24.1 Å². The van der Waals surface area contributed by atoms with E-state index >= 15 is 0 Å². The number of ether oxygens (including phenoxy) is 2. The monoisotopic (exact) mass is 469 g/mol. The Kier molecular flexibility index (Phi) is 7.32. The summed E-state index contributed by atoms with van der Waals surface area (Å²) in [5.41, 5.74) is 5.44. The molecule has 0 amide bonds. The van der Waals surface area contributed by atoms with Gasteiger partial charge in [-0.3, -0.25) is 4.79 Å². The fourth-order valence-electron chi connectivity index (χ4n) is 3.99. The normalized spacial score (nSPS) is 11.5. The van der Waals surface area contributed by atoms with Gasteiger partial charge in [-0.05, 0) is 67.8 Å². The van der Waals surface area contributed by atoms with Crippen LogP contribution in [0.25, 0.3) is 16.8 Å². The van der Waals surface area contributed by atoms with Gasteiger partial charge in [-0.15, -0.1) is 5.92 Å². The van der Waals surface area contributed by atoms with Crippen molar-refractivity contribution in [1.82, 2.24) is 14.6 Å². The van der Waals surface area contributed by atoms with Crippen molar-refractivity contribution in [3.63, 3.8) is 0 Å². The summed E-state index contributed by atoms with van der Waals surface area (Å²) in [4.78, 5) is 16.3. The quantitative estimate of drug-likeness (QED) is 0.287. The zero-order chi connectivity index (χ0) is 24.8. The highest BCUT2D eigenvalue weighted by molar-refractivity contribution is 5.71. The molecule has 0 fully saturated rings. The van der Waals surface area contributed by atoms with Gasteiger partial charge in [-0.2, -0.15) is 5.10 Å². The Balaban J connectivity index is 1.54. The van der Waals surface area contributed by atoms with E-state index in [4.69, 9.17) is 9.47 Å². The first-order chi connectivity index (χ1) is 17.0. The number of hydrogen-bond acceptors (Lipinski definition) is 6. The summed E-state index contributed by atoms with van der Waals surface area (Å²) in [6.45, 7) is 6.16. The zero-order valence-electron chi connectivity index (χ0n) is 20.0. The minimum Gasteiger partial charge on any atom is -0.508 e. The largest absolute Gasteiger partial charge is 0.508 e. The van der Waals surface area contributed by atoms with Gasteiger partial charge in [0.15, 0.2) is 5.65 Å². The Bertz CT molecular complexity index is 1400. The molecule has 1 atom stereocenters. The second kappa shape index (κ2) is 10.7. The van der Waals surface area contributed by atoms with Gasteiger partial charge in [0.2, 0.25) is 0 Å². The molecule has 1 N–H and O–H groups in total. The predicted octanol–water partition coefficient (Wildman–Crippen LogP) is 5.05. The van der Waals surface area contributed by atoms with Crippen molar-refractivity contribution in [1.29, 1.82) is 0 Å². The Morgan fingerprint density at radius 1 is 1.17 bits per heavy atom. The van der Waals surface area contributed by atoms with Gasteiger partial charge in [0.05, 0.1) is 18.9 Å². The van der Waals surface area contributed by atoms with Crippen LogP contribution in [0.4, 0.5) is 0 Å². The van der Waals surface area contributed by atoms with E-state index in [1.807, 2.05) is 49.5 Å². The summed E-state index contributed by atoms with van der Waals surface area (Å²) in [7, 11) is 0. The van der Waals surface area contributed by atoms with Gasteiger partial charge in [0.25, 0.3) is 0 Å². The standard InChI is InChI=1S/C28H27N3O4/c1-4-6-21(15-27(33)34-5-2)20-7-10-25(11-8-20)35-17-23-14-22(16-31-28(23)29-18-30-31)26-12-9-24(32)13-19(26)3/h7-14,16,18,21,32H,5,15,17H2,1-3H3. The van der Waals surface area contributed by atoms with E-state index in [0.717, 1.165) is 33.5 Å². The van der Waals surface area contributed by atoms with E-state index in [9.17, 15) is 9.90 Å². The van der Waals surface area contributed by atoms with Gasteiger partial charge in [0.1, 0.15) is 24.4 Å². The van der Waals surface area contributed by atoms with E-state index in [2.05, 4.69) is 21.9 Å². The molecule has 178 valence electrons. The summed E-state index contributed by atoms with van der Waals surface area (Å²) in [6.07, 6.45) is 3.64. The predicted molar refractivity (Wildman–Crippen MR) is 133 cm³/mol. The lowest BCUT2D eigenvalue weighted by Gasteiger charge is -2.13. The lowest BCUT2D eigenvalue weighted by Crippen LogP contribution is -2.09. The van der Waals surface area contributed by atoms with Gasteiger partial charge in [0, 0.05) is 17.3 Å². The van der Waals surface area contributed by atoms with Crippen molar-refractivity contribution >= 4 is 11.6 Å². The highest BCUT2D eigenvalue weighted by Crippen LogP contribution is 2.29. The van der Waals surface area contributed by atoms with Crippen molar-refractivity contribution in [2.45, 2.75) is 39.7 Å². The molecule has 2 aromatic heterocycles. The fourth-order valence-corrected chi connectivity index (χ4v) is 3.99. The van der Waals surface area contributed by atoms with Crippen molar-refractivity contribution in [3.8, 4) is 34.5 Å². The molecule has 4 aromatic rings. The number of aromatic nitrogens is 3. The molecule has 2 aromatic carbocycles. The van der Waals surface area contributed by atoms with Crippen LogP contribution < -0.4 is 4.74 Å². The molecule has 0 saturated carbocycles. The molecule has 7 heteroatoms. The third-order valence-corrected chi connectivity index (χ3v) is 5.64. The van der Waals surface area contributed by atoms with Gasteiger partial charge in [-0.1, -0.05) is 24.1 Å².